The van der Waals surface area contributed by atoms with Crippen molar-refractivity contribution in [2.45, 2.75) is 46.5 Å². The second-order valence-electron chi connectivity index (χ2n) is 3.10. The van der Waals surface area contributed by atoms with E-state index in [1.165, 1.54) is 6.42 Å². The molecule has 0 unspecified atom stereocenters. The van der Waals surface area contributed by atoms with Crippen LogP contribution >= 0.6 is 12.2 Å². The van der Waals surface area contributed by atoms with Crippen molar-refractivity contribution in [1.82, 2.24) is 0 Å². The first-order valence-corrected chi connectivity index (χ1v) is 4.83. The molecule has 1 nitrogen and oxygen atoms in total. The molecule has 0 aliphatic heterocycles. The molecule has 0 aliphatic rings. The van der Waals surface area contributed by atoms with Gasteiger partial charge in [-0.3, -0.25) is 0 Å². The van der Waals surface area contributed by atoms with Gasteiger partial charge in [0.05, 0.1) is 4.99 Å². The summed E-state index contributed by atoms with van der Waals surface area (Å²) in [7, 11) is 0. The SMILES string of the molecule is CCCC(CC)(CC)C(N)=S. The van der Waals surface area contributed by atoms with Crippen molar-refractivity contribution in [3.8, 4) is 0 Å². The summed E-state index contributed by atoms with van der Waals surface area (Å²) in [6.07, 6.45) is 4.45. The fourth-order valence-corrected chi connectivity index (χ4v) is 1.94. The molecule has 0 aromatic heterocycles. The van der Waals surface area contributed by atoms with Crippen LogP contribution in [0.3, 0.4) is 0 Å². The molecule has 66 valence electrons. The predicted molar refractivity (Wildman–Crippen MR) is 54.7 cm³/mol. The monoisotopic (exact) mass is 173 g/mol. The van der Waals surface area contributed by atoms with Crippen LogP contribution in [-0.2, 0) is 0 Å². The number of rotatable bonds is 5. The van der Waals surface area contributed by atoms with Crippen LogP contribution in [0.2, 0.25) is 0 Å². The van der Waals surface area contributed by atoms with Crippen LogP contribution in [0.1, 0.15) is 46.5 Å². The Morgan fingerprint density at radius 2 is 1.73 bits per heavy atom. The Labute approximate surface area is 75.4 Å². The van der Waals surface area contributed by atoms with Crippen LogP contribution in [0.15, 0.2) is 0 Å². The molecular formula is C9H19NS. The van der Waals surface area contributed by atoms with Gasteiger partial charge in [-0.05, 0) is 19.3 Å². The molecule has 2 heteroatoms. The van der Waals surface area contributed by atoms with Crippen LogP contribution < -0.4 is 5.73 Å². The second-order valence-corrected chi connectivity index (χ2v) is 3.54. The number of nitrogens with two attached hydrogens (primary N) is 1. The summed E-state index contributed by atoms with van der Waals surface area (Å²) in [4.78, 5) is 0.698. The molecule has 0 aromatic rings. The molecule has 2 N–H and O–H groups in total. The van der Waals surface area contributed by atoms with Gasteiger partial charge in [0.2, 0.25) is 0 Å². The fraction of sp³-hybridized carbons (Fsp3) is 0.889. The summed E-state index contributed by atoms with van der Waals surface area (Å²) in [5, 5.41) is 0. The van der Waals surface area contributed by atoms with Crippen molar-refractivity contribution in [2.75, 3.05) is 0 Å². The molecule has 0 spiro atoms. The van der Waals surface area contributed by atoms with Crippen molar-refractivity contribution < 1.29 is 0 Å². The normalized spacial score (nSPS) is 11.5. The van der Waals surface area contributed by atoms with Gasteiger partial charge >= 0.3 is 0 Å². The molecule has 0 atom stereocenters. The Bertz CT molecular complexity index is 128. The van der Waals surface area contributed by atoms with Crippen LogP contribution in [-0.4, -0.2) is 4.99 Å². The highest BCUT2D eigenvalue weighted by Gasteiger charge is 2.27. The summed E-state index contributed by atoms with van der Waals surface area (Å²) < 4.78 is 0. The summed E-state index contributed by atoms with van der Waals surface area (Å²) in [5.74, 6) is 0. The van der Waals surface area contributed by atoms with E-state index in [2.05, 4.69) is 20.8 Å². The van der Waals surface area contributed by atoms with Crippen LogP contribution in [0, 0.1) is 5.41 Å². The van der Waals surface area contributed by atoms with Crippen molar-refractivity contribution >= 4 is 17.2 Å². The molecule has 0 saturated heterocycles. The Morgan fingerprint density at radius 1 is 1.27 bits per heavy atom. The number of hydrogen-bond donors (Lipinski definition) is 1. The zero-order valence-corrected chi connectivity index (χ0v) is 8.63. The van der Waals surface area contributed by atoms with Crippen molar-refractivity contribution in [1.29, 1.82) is 0 Å². The molecular weight excluding hydrogens is 154 g/mol. The van der Waals surface area contributed by atoms with E-state index in [0.29, 0.717) is 4.99 Å². The van der Waals surface area contributed by atoms with E-state index in [4.69, 9.17) is 18.0 Å². The van der Waals surface area contributed by atoms with E-state index < -0.39 is 0 Å². The molecule has 0 fully saturated rings. The molecule has 0 radical (unpaired) electrons. The minimum absolute atomic E-state index is 0.143. The first-order chi connectivity index (χ1) is 5.13. The van der Waals surface area contributed by atoms with Gasteiger partial charge in [0.15, 0.2) is 0 Å². The lowest BCUT2D eigenvalue weighted by atomic mass is 9.78. The molecule has 0 saturated carbocycles. The van der Waals surface area contributed by atoms with Gasteiger partial charge in [-0.1, -0.05) is 39.4 Å². The Balaban J connectivity index is 4.32. The average Bonchev–Trinajstić information content (AvgIpc) is 2.00. The van der Waals surface area contributed by atoms with Gasteiger partial charge < -0.3 is 5.73 Å². The third-order valence-corrected chi connectivity index (χ3v) is 3.04. The van der Waals surface area contributed by atoms with Gasteiger partial charge in [-0.2, -0.15) is 0 Å². The highest BCUT2D eigenvalue weighted by molar-refractivity contribution is 7.80. The molecule has 0 heterocycles. The number of thiocarbonyl (C=S) groups is 1. The molecule has 0 rings (SSSR count). The zero-order chi connectivity index (χ0) is 8.91. The Kier molecular flexibility index (Phi) is 4.66. The standard InChI is InChI=1S/C9H19NS/c1-4-7-9(5-2,6-3)8(10)11/h4-7H2,1-3H3,(H2,10,11). The first kappa shape index (κ1) is 10.9. The quantitative estimate of drug-likeness (QED) is 0.647. The molecule has 0 amide bonds. The zero-order valence-electron chi connectivity index (χ0n) is 7.81. The maximum absolute atomic E-state index is 5.71. The largest absolute Gasteiger partial charge is 0.393 e. The highest BCUT2D eigenvalue weighted by atomic mass is 32.1. The van der Waals surface area contributed by atoms with Gasteiger partial charge in [-0.15, -0.1) is 0 Å². The third kappa shape index (κ3) is 2.44. The summed E-state index contributed by atoms with van der Waals surface area (Å²) in [6, 6.07) is 0. The van der Waals surface area contributed by atoms with Gasteiger partial charge in [0, 0.05) is 5.41 Å². The Hall–Kier alpha value is -0.110. The molecule has 11 heavy (non-hydrogen) atoms. The van der Waals surface area contributed by atoms with Crippen LogP contribution in [0.5, 0.6) is 0 Å². The highest BCUT2D eigenvalue weighted by Crippen LogP contribution is 2.32. The van der Waals surface area contributed by atoms with Crippen molar-refractivity contribution in [2.24, 2.45) is 11.1 Å². The molecule has 0 bridgehead atoms. The summed E-state index contributed by atoms with van der Waals surface area (Å²) in [6.45, 7) is 6.51. The maximum atomic E-state index is 5.71. The van der Waals surface area contributed by atoms with E-state index in [1.807, 2.05) is 0 Å². The van der Waals surface area contributed by atoms with E-state index in [-0.39, 0.29) is 5.41 Å². The smallest absolute Gasteiger partial charge is 0.0789 e. The maximum Gasteiger partial charge on any atom is 0.0789 e. The minimum atomic E-state index is 0.143. The van der Waals surface area contributed by atoms with E-state index in [0.717, 1.165) is 19.3 Å². The Morgan fingerprint density at radius 3 is 1.82 bits per heavy atom. The average molecular weight is 173 g/mol. The fourth-order valence-electron chi connectivity index (χ4n) is 1.55. The predicted octanol–water partition coefficient (Wildman–Crippen LogP) is 2.88. The topological polar surface area (TPSA) is 26.0 Å². The van der Waals surface area contributed by atoms with Crippen LogP contribution in [0.4, 0.5) is 0 Å². The first-order valence-electron chi connectivity index (χ1n) is 4.42. The van der Waals surface area contributed by atoms with E-state index >= 15 is 0 Å². The van der Waals surface area contributed by atoms with Crippen molar-refractivity contribution in [3.63, 3.8) is 0 Å². The van der Waals surface area contributed by atoms with Crippen LogP contribution in [0.25, 0.3) is 0 Å². The third-order valence-electron chi connectivity index (χ3n) is 2.60. The second kappa shape index (κ2) is 4.70. The molecule has 0 aromatic carbocycles. The van der Waals surface area contributed by atoms with E-state index in [9.17, 15) is 0 Å². The lowest BCUT2D eigenvalue weighted by Gasteiger charge is -2.29. The van der Waals surface area contributed by atoms with Crippen molar-refractivity contribution in [3.05, 3.63) is 0 Å². The summed E-state index contributed by atoms with van der Waals surface area (Å²) in [5.41, 5.74) is 5.85. The lowest BCUT2D eigenvalue weighted by molar-refractivity contribution is 0.356. The van der Waals surface area contributed by atoms with Gasteiger partial charge in [-0.25, -0.2) is 0 Å². The number of hydrogen-bond acceptors (Lipinski definition) is 1. The molecule has 0 aliphatic carbocycles. The minimum Gasteiger partial charge on any atom is -0.393 e. The summed E-state index contributed by atoms with van der Waals surface area (Å²) >= 11 is 5.07. The van der Waals surface area contributed by atoms with E-state index in [1.54, 1.807) is 0 Å². The van der Waals surface area contributed by atoms with Gasteiger partial charge in [0.25, 0.3) is 0 Å². The van der Waals surface area contributed by atoms with Gasteiger partial charge in [0.1, 0.15) is 0 Å². The lowest BCUT2D eigenvalue weighted by Crippen LogP contribution is -2.34.